The van der Waals surface area contributed by atoms with Gasteiger partial charge in [-0.05, 0) is 73.0 Å². The molecule has 0 bridgehead atoms. The highest BCUT2D eigenvalue weighted by Gasteiger charge is 2.22. The molecule has 2 N–H and O–H groups in total. The summed E-state index contributed by atoms with van der Waals surface area (Å²) >= 11 is 6.03. The summed E-state index contributed by atoms with van der Waals surface area (Å²) in [4.78, 5) is 24.5. The van der Waals surface area contributed by atoms with E-state index in [-0.39, 0.29) is 12.5 Å². The normalized spacial score (nSPS) is 11.2. The summed E-state index contributed by atoms with van der Waals surface area (Å²) in [5.41, 5.74) is 5.63. The van der Waals surface area contributed by atoms with Crippen LogP contribution in [-0.2, 0) is 19.6 Å². The van der Waals surface area contributed by atoms with Crippen molar-refractivity contribution in [3.63, 3.8) is 0 Å². The van der Waals surface area contributed by atoms with E-state index in [9.17, 15) is 18.0 Å². The first kappa shape index (κ1) is 27.7. The van der Waals surface area contributed by atoms with Crippen molar-refractivity contribution < 1.29 is 22.7 Å². The minimum Gasteiger partial charge on any atom is -0.484 e. The van der Waals surface area contributed by atoms with E-state index < -0.39 is 22.5 Å². The summed E-state index contributed by atoms with van der Waals surface area (Å²) in [6, 6.07) is 18.8. The molecule has 3 aromatic carbocycles. The molecule has 0 atom stereocenters. The molecule has 0 fully saturated rings. The third-order valence-electron chi connectivity index (χ3n) is 5.33. The Hall–Kier alpha value is -3.89. The lowest BCUT2D eigenvalue weighted by Crippen LogP contribution is -2.39. The van der Waals surface area contributed by atoms with Crippen molar-refractivity contribution in [2.45, 2.75) is 13.8 Å². The van der Waals surface area contributed by atoms with Crippen molar-refractivity contribution in [1.29, 1.82) is 0 Å². The summed E-state index contributed by atoms with van der Waals surface area (Å²) in [5, 5.41) is 7.01. The van der Waals surface area contributed by atoms with Gasteiger partial charge in [0.05, 0.1) is 28.9 Å². The van der Waals surface area contributed by atoms with Gasteiger partial charge in [-0.1, -0.05) is 35.9 Å². The number of hydrogen-bond donors (Lipinski definition) is 2. The zero-order chi connectivity index (χ0) is 27.0. The van der Waals surface area contributed by atoms with Crippen molar-refractivity contribution in [1.82, 2.24) is 5.43 Å². The first-order chi connectivity index (χ1) is 17.5. The van der Waals surface area contributed by atoms with Gasteiger partial charge in [0.2, 0.25) is 10.0 Å². The topological polar surface area (TPSA) is 117 Å². The molecular weight excluding hydrogens is 516 g/mol. The molecular formula is C26H27ClN4O5S. The Bertz CT molecular complexity index is 1410. The molecule has 0 aliphatic rings. The van der Waals surface area contributed by atoms with Crippen molar-refractivity contribution in [2.24, 2.45) is 5.10 Å². The number of hydrazone groups is 1. The van der Waals surface area contributed by atoms with Gasteiger partial charge in [0.1, 0.15) is 12.3 Å². The van der Waals surface area contributed by atoms with Crippen LogP contribution in [0.4, 0.5) is 11.4 Å². The van der Waals surface area contributed by atoms with Crippen LogP contribution in [0.1, 0.15) is 16.7 Å². The first-order valence-corrected chi connectivity index (χ1v) is 13.4. The number of anilines is 2. The number of carbonyl (C=O) groups is 2. The fraction of sp³-hybridized carbons (Fsp3) is 0.192. The second kappa shape index (κ2) is 12.4. The van der Waals surface area contributed by atoms with Crippen LogP contribution in [0.2, 0.25) is 5.02 Å². The van der Waals surface area contributed by atoms with Gasteiger partial charge in [0.25, 0.3) is 11.8 Å². The van der Waals surface area contributed by atoms with E-state index in [1.165, 1.54) is 6.21 Å². The van der Waals surface area contributed by atoms with Crippen LogP contribution in [0.5, 0.6) is 5.75 Å². The molecule has 11 heteroatoms. The van der Waals surface area contributed by atoms with Crippen LogP contribution in [0.15, 0.2) is 71.8 Å². The van der Waals surface area contributed by atoms with E-state index in [2.05, 4.69) is 15.8 Å². The van der Waals surface area contributed by atoms with Crippen LogP contribution < -0.4 is 19.8 Å². The van der Waals surface area contributed by atoms with Gasteiger partial charge in [-0.2, -0.15) is 5.10 Å². The first-order valence-electron chi connectivity index (χ1n) is 11.2. The summed E-state index contributed by atoms with van der Waals surface area (Å²) in [6.07, 6.45) is 2.46. The minimum atomic E-state index is -3.69. The predicted octanol–water partition coefficient (Wildman–Crippen LogP) is 3.89. The molecule has 0 aromatic heterocycles. The summed E-state index contributed by atoms with van der Waals surface area (Å²) in [6.45, 7) is 3.06. The lowest BCUT2D eigenvalue weighted by molar-refractivity contribution is -0.119. The van der Waals surface area contributed by atoms with Gasteiger partial charge in [-0.3, -0.25) is 13.9 Å². The van der Waals surface area contributed by atoms with Crippen molar-refractivity contribution in [2.75, 3.05) is 29.0 Å². The Kier molecular flexibility index (Phi) is 9.26. The largest absolute Gasteiger partial charge is 0.484 e. The molecule has 0 heterocycles. The fourth-order valence-electron chi connectivity index (χ4n) is 3.28. The molecule has 3 rings (SSSR count). The van der Waals surface area contributed by atoms with Gasteiger partial charge >= 0.3 is 0 Å². The average molecular weight is 543 g/mol. The minimum absolute atomic E-state index is 0.202. The van der Waals surface area contributed by atoms with Gasteiger partial charge in [0.15, 0.2) is 6.61 Å². The molecule has 0 aliphatic carbocycles. The highest BCUT2D eigenvalue weighted by molar-refractivity contribution is 7.92. The lowest BCUT2D eigenvalue weighted by Gasteiger charge is -2.23. The van der Waals surface area contributed by atoms with Crippen LogP contribution in [0.25, 0.3) is 0 Å². The van der Waals surface area contributed by atoms with Gasteiger partial charge in [-0.15, -0.1) is 0 Å². The predicted molar refractivity (Wildman–Crippen MR) is 146 cm³/mol. The number of carbonyl (C=O) groups excluding carboxylic acids is 2. The van der Waals surface area contributed by atoms with Gasteiger partial charge in [-0.25, -0.2) is 13.8 Å². The molecule has 0 unspecified atom stereocenters. The van der Waals surface area contributed by atoms with Gasteiger partial charge in [0, 0.05) is 0 Å². The smallest absolute Gasteiger partial charge is 0.262 e. The maximum absolute atomic E-state index is 12.4. The van der Waals surface area contributed by atoms with Crippen LogP contribution >= 0.6 is 11.6 Å². The van der Waals surface area contributed by atoms with E-state index in [0.29, 0.717) is 27.7 Å². The molecule has 2 amide bonds. The number of nitrogens with one attached hydrogen (secondary N) is 2. The number of sulfonamides is 1. The zero-order valence-electron chi connectivity index (χ0n) is 20.6. The maximum atomic E-state index is 12.4. The highest BCUT2D eigenvalue weighted by Crippen LogP contribution is 2.24. The Morgan fingerprint density at radius 2 is 1.70 bits per heavy atom. The Balaban J connectivity index is 1.52. The average Bonchev–Trinajstić information content (AvgIpc) is 2.85. The number of hydrogen-bond acceptors (Lipinski definition) is 6. The third kappa shape index (κ3) is 8.06. The molecule has 37 heavy (non-hydrogen) atoms. The Morgan fingerprint density at radius 3 is 2.38 bits per heavy atom. The number of aryl methyl sites for hydroxylation is 1. The van der Waals surface area contributed by atoms with Crippen molar-refractivity contribution in [3.05, 3.63) is 88.4 Å². The second-order valence-corrected chi connectivity index (χ2v) is 10.5. The summed E-state index contributed by atoms with van der Waals surface area (Å²) in [5.74, 6) is -0.481. The molecule has 0 spiro atoms. The second-order valence-electron chi connectivity index (χ2n) is 8.17. The molecule has 0 radical (unpaired) electrons. The van der Waals surface area contributed by atoms with Crippen LogP contribution in [0.3, 0.4) is 0 Å². The monoisotopic (exact) mass is 542 g/mol. The molecule has 0 saturated heterocycles. The van der Waals surface area contributed by atoms with E-state index in [0.717, 1.165) is 21.7 Å². The number of ether oxygens (including phenoxy) is 1. The fourth-order valence-corrected chi connectivity index (χ4v) is 4.37. The summed E-state index contributed by atoms with van der Waals surface area (Å²) in [7, 11) is -3.69. The van der Waals surface area contributed by atoms with E-state index in [1.807, 2.05) is 13.0 Å². The third-order valence-corrected chi connectivity index (χ3v) is 6.79. The number of nitrogens with zero attached hydrogens (tertiary/aromatic N) is 2. The number of amides is 2. The van der Waals surface area contributed by atoms with Crippen molar-refractivity contribution >= 4 is 51.0 Å². The molecule has 0 aliphatic heterocycles. The molecule has 3 aromatic rings. The van der Waals surface area contributed by atoms with E-state index >= 15 is 0 Å². The number of halogens is 1. The van der Waals surface area contributed by atoms with Crippen LogP contribution in [0, 0.1) is 13.8 Å². The molecule has 0 saturated carbocycles. The Morgan fingerprint density at radius 1 is 1.00 bits per heavy atom. The quantitative estimate of drug-likeness (QED) is 0.298. The highest BCUT2D eigenvalue weighted by atomic mass is 35.5. The van der Waals surface area contributed by atoms with Crippen LogP contribution in [-0.4, -0.2) is 45.9 Å². The SMILES string of the molecule is Cc1cccc(N(CC(=O)N/N=C\c2ccc(OCC(=O)Nc3ccccc3Cl)cc2)S(C)(=O)=O)c1C. The lowest BCUT2D eigenvalue weighted by atomic mass is 10.1. The van der Waals surface area contributed by atoms with Gasteiger partial charge < -0.3 is 10.1 Å². The summed E-state index contributed by atoms with van der Waals surface area (Å²) < 4.78 is 31.2. The number of para-hydroxylation sites is 1. The number of benzene rings is 3. The maximum Gasteiger partial charge on any atom is 0.262 e. The molecule has 194 valence electrons. The van der Waals surface area contributed by atoms with E-state index in [4.69, 9.17) is 16.3 Å². The standard InChI is InChI=1S/C26H27ClN4O5S/c1-18-7-6-10-24(19(18)2)31(37(3,34)35)16-25(32)30-28-15-20-11-13-21(14-12-20)36-17-26(33)29-23-9-5-4-8-22(23)27/h4-15H,16-17H2,1-3H3,(H,29,33)(H,30,32)/b28-15-. The zero-order valence-corrected chi connectivity index (χ0v) is 22.1. The number of rotatable bonds is 10. The van der Waals surface area contributed by atoms with E-state index in [1.54, 1.807) is 67.6 Å². The van der Waals surface area contributed by atoms with Crippen molar-refractivity contribution in [3.8, 4) is 5.75 Å². The Labute approximate surface area is 221 Å². The molecule has 9 nitrogen and oxygen atoms in total.